The van der Waals surface area contributed by atoms with Crippen LogP contribution in [0.5, 0.6) is 0 Å². The van der Waals surface area contributed by atoms with Gasteiger partial charge in [0, 0.05) is 18.8 Å². The highest BCUT2D eigenvalue weighted by Gasteiger charge is 2.24. The molecule has 1 aliphatic heterocycles. The molecule has 1 aromatic carbocycles. The van der Waals surface area contributed by atoms with Gasteiger partial charge in [-0.05, 0) is 25.0 Å². The number of urea groups is 1. The minimum atomic E-state index is -0.0388. The van der Waals surface area contributed by atoms with E-state index in [0.29, 0.717) is 6.04 Å². The van der Waals surface area contributed by atoms with E-state index in [1.165, 1.54) is 0 Å². The van der Waals surface area contributed by atoms with E-state index in [1.807, 2.05) is 35.2 Å². The molecule has 2 heterocycles. The Hall–Kier alpha value is -2.37. The molecule has 0 radical (unpaired) electrons. The molecule has 0 saturated carbocycles. The number of anilines is 1. The Morgan fingerprint density at radius 1 is 1.10 bits per heavy atom. The smallest absolute Gasteiger partial charge is 0.321 e. The van der Waals surface area contributed by atoms with Gasteiger partial charge in [-0.2, -0.15) is 15.0 Å². The summed E-state index contributed by atoms with van der Waals surface area (Å²) in [6.07, 6.45) is 5.15. The molecule has 0 bridgehead atoms. The van der Waals surface area contributed by atoms with Gasteiger partial charge in [0.15, 0.2) is 0 Å². The number of amides is 2. The van der Waals surface area contributed by atoms with Crippen LogP contribution in [0.25, 0.3) is 0 Å². The van der Waals surface area contributed by atoms with Crippen LogP contribution >= 0.6 is 0 Å². The van der Waals surface area contributed by atoms with Crippen LogP contribution in [0, 0.1) is 0 Å². The zero-order valence-corrected chi connectivity index (χ0v) is 11.1. The number of piperidine rings is 1. The van der Waals surface area contributed by atoms with E-state index in [0.717, 1.165) is 31.6 Å². The van der Waals surface area contributed by atoms with Crippen LogP contribution in [0.3, 0.4) is 0 Å². The zero-order chi connectivity index (χ0) is 13.8. The third-order valence-corrected chi connectivity index (χ3v) is 3.54. The summed E-state index contributed by atoms with van der Waals surface area (Å²) >= 11 is 0. The van der Waals surface area contributed by atoms with E-state index in [4.69, 9.17) is 0 Å². The van der Waals surface area contributed by atoms with Crippen molar-refractivity contribution in [2.24, 2.45) is 0 Å². The normalized spacial score (nSPS) is 16.1. The van der Waals surface area contributed by atoms with Gasteiger partial charge in [-0.3, -0.25) is 0 Å². The maximum absolute atomic E-state index is 12.1. The molecule has 1 N–H and O–H groups in total. The van der Waals surface area contributed by atoms with Gasteiger partial charge in [0.25, 0.3) is 0 Å². The van der Waals surface area contributed by atoms with Crippen molar-refractivity contribution in [3.63, 3.8) is 0 Å². The quantitative estimate of drug-likeness (QED) is 0.910. The highest BCUT2D eigenvalue weighted by Crippen LogP contribution is 2.21. The standard InChI is InChI=1S/C14H17N5O/c20-14(17-12-4-2-1-3-5-12)18-10-6-13(7-11-18)19-15-8-9-16-19/h1-5,8-9,13H,6-7,10-11H2,(H,17,20). The molecule has 104 valence electrons. The van der Waals surface area contributed by atoms with Gasteiger partial charge in [0.2, 0.25) is 0 Å². The Morgan fingerprint density at radius 3 is 2.40 bits per heavy atom. The molecule has 1 aliphatic rings. The van der Waals surface area contributed by atoms with Crippen molar-refractivity contribution >= 4 is 11.7 Å². The predicted molar refractivity (Wildman–Crippen MR) is 75.3 cm³/mol. The Balaban J connectivity index is 1.54. The molecular formula is C14H17N5O. The zero-order valence-electron chi connectivity index (χ0n) is 11.1. The number of likely N-dealkylation sites (tertiary alicyclic amines) is 1. The summed E-state index contributed by atoms with van der Waals surface area (Å²) in [6, 6.07) is 9.78. The van der Waals surface area contributed by atoms with Crippen LogP contribution in [0.4, 0.5) is 10.5 Å². The summed E-state index contributed by atoms with van der Waals surface area (Å²) in [7, 11) is 0. The minimum absolute atomic E-state index is 0.0388. The molecule has 0 aliphatic carbocycles. The number of nitrogens with one attached hydrogen (secondary N) is 1. The lowest BCUT2D eigenvalue weighted by Gasteiger charge is -2.31. The molecule has 1 aromatic heterocycles. The van der Waals surface area contributed by atoms with E-state index in [1.54, 1.807) is 17.2 Å². The fourth-order valence-corrected chi connectivity index (χ4v) is 2.44. The summed E-state index contributed by atoms with van der Waals surface area (Å²) in [5.74, 6) is 0. The van der Waals surface area contributed by atoms with Crippen LogP contribution in [0.15, 0.2) is 42.7 Å². The van der Waals surface area contributed by atoms with E-state index in [-0.39, 0.29) is 6.03 Å². The van der Waals surface area contributed by atoms with Crippen molar-refractivity contribution in [1.82, 2.24) is 19.9 Å². The molecule has 6 nitrogen and oxygen atoms in total. The lowest BCUT2D eigenvalue weighted by Crippen LogP contribution is -2.41. The number of aromatic nitrogens is 3. The van der Waals surface area contributed by atoms with Crippen molar-refractivity contribution in [3.8, 4) is 0 Å². The van der Waals surface area contributed by atoms with Crippen LogP contribution < -0.4 is 5.32 Å². The lowest BCUT2D eigenvalue weighted by molar-refractivity contribution is 0.175. The summed E-state index contributed by atoms with van der Waals surface area (Å²) in [5.41, 5.74) is 0.827. The number of hydrogen-bond acceptors (Lipinski definition) is 3. The first kappa shape index (κ1) is 12.7. The van der Waals surface area contributed by atoms with Crippen LogP contribution in [0.1, 0.15) is 18.9 Å². The first-order valence-electron chi connectivity index (χ1n) is 6.80. The molecular weight excluding hydrogens is 254 g/mol. The van der Waals surface area contributed by atoms with Gasteiger partial charge >= 0.3 is 6.03 Å². The largest absolute Gasteiger partial charge is 0.324 e. The van der Waals surface area contributed by atoms with E-state index < -0.39 is 0 Å². The average molecular weight is 271 g/mol. The van der Waals surface area contributed by atoms with Gasteiger partial charge in [-0.15, -0.1) is 0 Å². The van der Waals surface area contributed by atoms with E-state index >= 15 is 0 Å². The molecule has 3 rings (SSSR count). The van der Waals surface area contributed by atoms with Crippen LogP contribution in [-0.4, -0.2) is 39.0 Å². The maximum atomic E-state index is 12.1. The number of carbonyl (C=O) groups excluding carboxylic acids is 1. The number of rotatable bonds is 2. The number of carbonyl (C=O) groups is 1. The summed E-state index contributed by atoms with van der Waals surface area (Å²) in [5, 5.41) is 11.2. The molecule has 1 saturated heterocycles. The highest BCUT2D eigenvalue weighted by atomic mass is 16.2. The second-order valence-electron chi connectivity index (χ2n) is 4.86. The van der Waals surface area contributed by atoms with Gasteiger partial charge in [0.05, 0.1) is 18.4 Å². The Labute approximate surface area is 117 Å². The fraction of sp³-hybridized carbons (Fsp3) is 0.357. The molecule has 2 aromatic rings. The number of benzene rings is 1. The van der Waals surface area contributed by atoms with Crippen molar-refractivity contribution < 1.29 is 4.79 Å². The Kier molecular flexibility index (Phi) is 3.62. The van der Waals surface area contributed by atoms with E-state index in [2.05, 4.69) is 15.5 Å². The predicted octanol–water partition coefficient (Wildman–Crippen LogP) is 2.15. The van der Waals surface area contributed by atoms with Crippen molar-refractivity contribution in [3.05, 3.63) is 42.7 Å². The molecule has 2 amide bonds. The molecule has 1 fully saturated rings. The number of nitrogens with zero attached hydrogens (tertiary/aromatic N) is 4. The Morgan fingerprint density at radius 2 is 1.75 bits per heavy atom. The lowest BCUT2D eigenvalue weighted by atomic mass is 10.1. The topological polar surface area (TPSA) is 63.1 Å². The monoisotopic (exact) mass is 271 g/mol. The molecule has 0 unspecified atom stereocenters. The second kappa shape index (κ2) is 5.73. The van der Waals surface area contributed by atoms with Gasteiger partial charge in [0.1, 0.15) is 0 Å². The van der Waals surface area contributed by atoms with Crippen molar-refractivity contribution in [1.29, 1.82) is 0 Å². The van der Waals surface area contributed by atoms with Gasteiger partial charge in [-0.1, -0.05) is 18.2 Å². The van der Waals surface area contributed by atoms with Gasteiger partial charge in [-0.25, -0.2) is 4.79 Å². The molecule has 0 spiro atoms. The SMILES string of the molecule is O=C(Nc1ccccc1)N1CCC(n2nccn2)CC1. The molecule has 6 heteroatoms. The van der Waals surface area contributed by atoms with Crippen LogP contribution in [-0.2, 0) is 0 Å². The van der Waals surface area contributed by atoms with Crippen molar-refractivity contribution in [2.45, 2.75) is 18.9 Å². The molecule has 20 heavy (non-hydrogen) atoms. The summed E-state index contributed by atoms with van der Waals surface area (Å²) < 4.78 is 0. The minimum Gasteiger partial charge on any atom is -0.324 e. The second-order valence-corrected chi connectivity index (χ2v) is 4.86. The van der Waals surface area contributed by atoms with Crippen LogP contribution in [0.2, 0.25) is 0 Å². The number of hydrogen-bond donors (Lipinski definition) is 1. The van der Waals surface area contributed by atoms with Crippen molar-refractivity contribution in [2.75, 3.05) is 18.4 Å². The average Bonchev–Trinajstić information content (AvgIpc) is 3.03. The Bertz CT molecular complexity index is 546. The third kappa shape index (κ3) is 2.79. The number of para-hydroxylation sites is 1. The third-order valence-electron chi connectivity index (χ3n) is 3.54. The highest BCUT2D eigenvalue weighted by molar-refractivity contribution is 5.89. The first-order chi connectivity index (χ1) is 9.83. The maximum Gasteiger partial charge on any atom is 0.321 e. The fourth-order valence-electron chi connectivity index (χ4n) is 2.44. The van der Waals surface area contributed by atoms with Gasteiger partial charge < -0.3 is 10.2 Å². The molecule has 0 atom stereocenters. The first-order valence-corrected chi connectivity index (χ1v) is 6.80. The summed E-state index contributed by atoms with van der Waals surface area (Å²) in [4.78, 5) is 15.7. The summed E-state index contributed by atoms with van der Waals surface area (Å²) in [6.45, 7) is 1.45. The van der Waals surface area contributed by atoms with E-state index in [9.17, 15) is 4.79 Å².